The molecule has 2 aliphatic carbocycles. The Morgan fingerprint density at radius 3 is 2.69 bits per heavy atom. The lowest BCUT2D eigenvalue weighted by Gasteiger charge is -2.66. The molecule has 3 nitrogen and oxygen atoms in total. The Labute approximate surface area is 157 Å². The fraction of sp³-hybridized carbons (Fsp3) is 0.696. The number of esters is 1. The van der Waals surface area contributed by atoms with Crippen molar-refractivity contribution in [3.63, 3.8) is 0 Å². The second-order valence-corrected chi connectivity index (χ2v) is 9.82. The Morgan fingerprint density at radius 2 is 1.96 bits per heavy atom. The van der Waals surface area contributed by atoms with Crippen LogP contribution in [0.25, 0.3) is 0 Å². The first-order chi connectivity index (χ1) is 12.2. The Hall–Kier alpha value is -1.51. The van der Waals surface area contributed by atoms with E-state index in [9.17, 15) is 4.79 Å². The summed E-state index contributed by atoms with van der Waals surface area (Å²) >= 11 is 0. The molecule has 1 aliphatic heterocycles. The fourth-order valence-corrected chi connectivity index (χ4v) is 6.42. The highest BCUT2D eigenvalue weighted by Gasteiger charge is 2.65. The largest absolute Gasteiger partial charge is 0.486 e. The van der Waals surface area contributed by atoms with Crippen molar-refractivity contribution < 1.29 is 14.3 Å². The van der Waals surface area contributed by atoms with E-state index in [4.69, 9.17) is 9.47 Å². The maximum Gasteiger partial charge on any atom is 0.308 e. The Morgan fingerprint density at radius 1 is 1.19 bits per heavy atom. The van der Waals surface area contributed by atoms with E-state index in [2.05, 4.69) is 27.7 Å². The average Bonchev–Trinajstić information content (AvgIpc) is 2.53. The first kappa shape index (κ1) is 17.9. The van der Waals surface area contributed by atoms with Crippen LogP contribution in [0.2, 0.25) is 0 Å². The fourth-order valence-electron chi connectivity index (χ4n) is 6.42. The third kappa shape index (κ3) is 2.42. The van der Waals surface area contributed by atoms with Crippen LogP contribution in [-0.2, 0) is 11.2 Å². The highest BCUT2D eigenvalue weighted by molar-refractivity contribution is 5.69. The van der Waals surface area contributed by atoms with Gasteiger partial charge < -0.3 is 9.47 Å². The smallest absolute Gasteiger partial charge is 0.308 e. The minimum atomic E-state index is -0.274. The lowest BCUT2D eigenvalue weighted by molar-refractivity contribution is -0.210. The summed E-state index contributed by atoms with van der Waals surface area (Å²) in [5.41, 5.74) is 1.57. The van der Waals surface area contributed by atoms with Crippen LogP contribution in [0.15, 0.2) is 18.2 Å². The molecule has 142 valence electrons. The maximum absolute atomic E-state index is 11.3. The molecule has 3 aliphatic rings. The molecule has 26 heavy (non-hydrogen) atoms. The van der Waals surface area contributed by atoms with E-state index in [0.29, 0.717) is 23.0 Å². The number of carbonyl (C=O) groups excluding carboxylic acids is 1. The summed E-state index contributed by atoms with van der Waals surface area (Å²) in [5.74, 6) is 2.58. The molecule has 0 radical (unpaired) electrons. The Bertz CT molecular complexity index is 737. The molecule has 2 fully saturated rings. The number of benzene rings is 1. The molecule has 1 heterocycles. The van der Waals surface area contributed by atoms with Crippen molar-refractivity contribution in [2.45, 2.75) is 78.7 Å². The zero-order valence-corrected chi connectivity index (χ0v) is 16.9. The predicted molar refractivity (Wildman–Crippen MR) is 102 cm³/mol. The zero-order valence-electron chi connectivity index (χ0n) is 16.9. The molecular weight excluding hydrogens is 324 g/mol. The second-order valence-electron chi connectivity index (χ2n) is 9.82. The van der Waals surface area contributed by atoms with Gasteiger partial charge in [-0.3, -0.25) is 4.79 Å². The van der Waals surface area contributed by atoms with E-state index < -0.39 is 0 Å². The molecular formula is C23H32O3. The molecule has 1 aromatic rings. The molecule has 3 heteroatoms. The second kappa shape index (κ2) is 5.74. The number of carbonyl (C=O) groups is 1. The molecule has 1 aromatic carbocycles. The van der Waals surface area contributed by atoms with Gasteiger partial charge in [-0.1, -0.05) is 27.7 Å². The molecule has 0 aromatic heterocycles. The molecule has 2 saturated carbocycles. The minimum absolute atomic E-state index is 0.0671. The summed E-state index contributed by atoms with van der Waals surface area (Å²) in [6, 6.07) is 5.90. The summed E-state index contributed by atoms with van der Waals surface area (Å²) in [4.78, 5) is 11.3. The van der Waals surface area contributed by atoms with Crippen LogP contribution in [0.1, 0.15) is 72.3 Å². The predicted octanol–water partition coefficient (Wildman–Crippen LogP) is 5.55. The van der Waals surface area contributed by atoms with E-state index >= 15 is 0 Å². The molecule has 0 amide bonds. The Kier molecular flexibility index (Phi) is 3.95. The van der Waals surface area contributed by atoms with Gasteiger partial charge in [0.2, 0.25) is 0 Å². The van der Waals surface area contributed by atoms with Crippen LogP contribution in [-0.4, -0.2) is 11.6 Å². The van der Waals surface area contributed by atoms with Gasteiger partial charge in [0.25, 0.3) is 0 Å². The van der Waals surface area contributed by atoms with Gasteiger partial charge in [0, 0.05) is 18.3 Å². The van der Waals surface area contributed by atoms with Crippen molar-refractivity contribution in [1.82, 2.24) is 0 Å². The lowest BCUT2D eigenvalue weighted by Crippen LogP contribution is -2.68. The maximum atomic E-state index is 11.3. The molecule has 0 bridgehead atoms. The van der Waals surface area contributed by atoms with Gasteiger partial charge in [-0.05, 0) is 73.6 Å². The van der Waals surface area contributed by atoms with Gasteiger partial charge in [-0.25, -0.2) is 0 Å². The van der Waals surface area contributed by atoms with E-state index in [0.717, 1.165) is 18.6 Å². The number of hydrogen-bond donors (Lipinski definition) is 0. The van der Waals surface area contributed by atoms with Gasteiger partial charge in [0.15, 0.2) is 0 Å². The van der Waals surface area contributed by atoms with Crippen molar-refractivity contribution in [1.29, 1.82) is 0 Å². The van der Waals surface area contributed by atoms with Gasteiger partial charge in [-0.15, -0.1) is 0 Å². The van der Waals surface area contributed by atoms with Crippen LogP contribution in [0, 0.1) is 22.7 Å². The van der Waals surface area contributed by atoms with Gasteiger partial charge in [0.05, 0.1) is 0 Å². The molecule has 4 rings (SSSR count). The number of hydrogen-bond acceptors (Lipinski definition) is 3. The van der Waals surface area contributed by atoms with Crippen molar-refractivity contribution in [2.24, 2.45) is 22.7 Å². The highest BCUT2D eigenvalue weighted by Crippen LogP contribution is 2.65. The van der Waals surface area contributed by atoms with E-state index in [1.807, 2.05) is 18.2 Å². The van der Waals surface area contributed by atoms with Gasteiger partial charge >= 0.3 is 5.97 Å². The van der Waals surface area contributed by atoms with Crippen LogP contribution in [0.3, 0.4) is 0 Å². The summed E-state index contributed by atoms with van der Waals surface area (Å²) in [6.07, 6.45) is 7.25. The van der Waals surface area contributed by atoms with E-state index in [-0.39, 0.29) is 17.0 Å². The van der Waals surface area contributed by atoms with Crippen LogP contribution in [0.4, 0.5) is 0 Å². The normalized spacial score (nSPS) is 37.6. The minimum Gasteiger partial charge on any atom is -0.486 e. The topological polar surface area (TPSA) is 35.5 Å². The summed E-state index contributed by atoms with van der Waals surface area (Å²) in [7, 11) is 0. The molecule has 1 spiro atoms. The van der Waals surface area contributed by atoms with Gasteiger partial charge in [0.1, 0.15) is 17.1 Å². The van der Waals surface area contributed by atoms with Crippen LogP contribution >= 0.6 is 0 Å². The van der Waals surface area contributed by atoms with E-state index in [1.54, 1.807) is 0 Å². The summed E-state index contributed by atoms with van der Waals surface area (Å²) < 4.78 is 12.3. The Balaban J connectivity index is 1.80. The molecule has 0 N–H and O–H groups in total. The van der Waals surface area contributed by atoms with Crippen LogP contribution < -0.4 is 9.47 Å². The average molecular weight is 357 g/mol. The highest BCUT2D eigenvalue weighted by atomic mass is 16.5. The van der Waals surface area contributed by atoms with Crippen molar-refractivity contribution in [2.75, 3.05) is 0 Å². The van der Waals surface area contributed by atoms with Gasteiger partial charge in [-0.2, -0.15) is 0 Å². The first-order valence-electron chi connectivity index (χ1n) is 10.2. The number of ether oxygens (including phenoxy) is 2. The van der Waals surface area contributed by atoms with E-state index in [1.165, 1.54) is 38.2 Å². The van der Waals surface area contributed by atoms with Crippen molar-refractivity contribution in [3.8, 4) is 11.5 Å². The van der Waals surface area contributed by atoms with Crippen molar-refractivity contribution in [3.05, 3.63) is 23.8 Å². The van der Waals surface area contributed by atoms with Crippen molar-refractivity contribution >= 4 is 5.97 Å². The monoisotopic (exact) mass is 356 g/mol. The number of rotatable bonds is 1. The number of fused-ring (bicyclic) bond motifs is 1. The quantitative estimate of drug-likeness (QED) is 0.489. The zero-order chi connectivity index (χ0) is 18.7. The lowest BCUT2D eigenvalue weighted by atomic mass is 9.44. The third-order valence-corrected chi connectivity index (χ3v) is 7.96. The molecule has 4 atom stereocenters. The third-order valence-electron chi connectivity index (χ3n) is 7.96. The standard InChI is InChI=1S/C23H32O3/c1-15-7-10-20-21(3,4)11-6-12-23(20)22(15,5)14-17-13-18(25-16(2)24)8-9-19(17)26-23/h8-9,13,15,20H,6-7,10-12,14H2,1-5H3/t15-,20-,22+,23-/m0/s1. The summed E-state index contributed by atoms with van der Waals surface area (Å²) in [6.45, 7) is 11.2. The van der Waals surface area contributed by atoms with Crippen LogP contribution in [0.5, 0.6) is 11.5 Å². The SMILES string of the molecule is CC(=O)Oc1ccc2c(c1)C[C@]1(C)[C@@H](C)CC[C@H]3C(C)(C)CCC[C@]31O2. The first-order valence-corrected chi connectivity index (χ1v) is 10.2. The molecule has 0 unspecified atom stereocenters. The molecule has 0 saturated heterocycles. The summed E-state index contributed by atoms with van der Waals surface area (Å²) in [5, 5.41) is 0.